The second-order valence-electron chi connectivity index (χ2n) is 4.06. The SMILES string of the molecule is N#CCc1cnc(F)c(-c2ccccc2C(F)(F)F)c1. The van der Waals surface area contributed by atoms with Crippen LogP contribution in [0.15, 0.2) is 36.5 Å². The Hall–Kier alpha value is -2.42. The lowest BCUT2D eigenvalue weighted by Gasteiger charge is -2.13. The molecule has 2 nitrogen and oxygen atoms in total. The van der Waals surface area contributed by atoms with Crippen LogP contribution in [0.5, 0.6) is 0 Å². The van der Waals surface area contributed by atoms with E-state index in [1.807, 2.05) is 6.07 Å². The first-order chi connectivity index (χ1) is 9.43. The highest BCUT2D eigenvalue weighted by Crippen LogP contribution is 2.37. The molecule has 6 heteroatoms. The number of hydrogen-bond donors (Lipinski definition) is 0. The van der Waals surface area contributed by atoms with Crippen molar-refractivity contribution in [1.29, 1.82) is 5.26 Å². The number of hydrogen-bond acceptors (Lipinski definition) is 2. The van der Waals surface area contributed by atoms with Gasteiger partial charge in [-0.1, -0.05) is 18.2 Å². The minimum atomic E-state index is -4.59. The smallest absolute Gasteiger partial charge is 0.227 e. The fourth-order valence-corrected chi connectivity index (χ4v) is 1.83. The van der Waals surface area contributed by atoms with Crippen LogP contribution in [0.4, 0.5) is 17.6 Å². The first kappa shape index (κ1) is 14.0. The molecule has 0 aliphatic heterocycles. The van der Waals surface area contributed by atoms with Crippen molar-refractivity contribution in [3.05, 3.63) is 53.6 Å². The zero-order valence-corrected chi connectivity index (χ0v) is 10.1. The summed E-state index contributed by atoms with van der Waals surface area (Å²) in [5.74, 6) is -0.997. The fourth-order valence-electron chi connectivity index (χ4n) is 1.83. The molecular weight excluding hydrogens is 272 g/mol. The van der Waals surface area contributed by atoms with Gasteiger partial charge in [-0.05, 0) is 23.3 Å². The second-order valence-corrected chi connectivity index (χ2v) is 4.06. The molecular formula is C14H8F4N2. The van der Waals surface area contributed by atoms with Gasteiger partial charge in [-0.15, -0.1) is 0 Å². The molecule has 0 bridgehead atoms. The predicted octanol–water partition coefficient (Wildman–Crippen LogP) is 3.97. The molecule has 0 atom stereocenters. The maximum absolute atomic E-state index is 13.7. The normalized spacial score (nSPS) is 11.2. The van der Waals surface area contributed by atoms with Crippen molar-refractivity contribution in [2.75, 3.05) is 0 Å². The molecule has 0 spiro atoms. The molecule has 1 heterocycles. The Kier molecular flexibility index (Phi) is 3.70. The van der Waals surface area contributed by atoms with Crippen LogP contribution >= 0.6 is 0 Å². The quantitative estimate of drug-likeness (QED) is 0.616. The van der Waals surface area contributed by atoms with Crippen molar-refractivity contribution >= 4 is 0 Å². The fraction of sp³-hybridized carbons (Fsp3) is 0.143. The maximum Gasteiger partial charge on any atom is 0.417 e. The molecule has 0 radical (unpaired) electrons. The minimum absolute atomic E-state index is 0.0472. The van der Waals surface area contributed by atoms with Gasteiger partial charge in [0.1, 0.15) is 0 Å². The topological polar surface area (TPSA) is 36.7 Å². The third kappa shape index (κ3) is 2.77. The van der Waals surface area contributed by atoms with Crippen LogP contribution in [0.1, 0.15) is 11.1 Å². The van der Waals surface area contributed by atoms with Crippen LogP contribution in [0, 0.1) is 17.3 Å². The van der Waals surface area contributed by atoms with Gasteiger partial charge in [0.05, 0.1) is 18.1 Å². The average molecular weight is 280 g/mol. The van der Waals surface area contributed by atoms with Crippen LogP contribution in [-0.2, 0) is 12.6 Å². The summed E-state index contributed by atoms with van der Waals surface area (Å²) in [5, 5.41) is 8.58. The van der Waals surface area contributed by atoms with E-state index in [0.29, 0.717) is 5.56 Å². The van der Waals surface area contributed by atoms with Gasteiger partial charge in [0.25, 0.3) is 0 Å². The number of halogens is 4. The van der Waals surface area contributed by atoms with E-state index in [0.717, 1.165) is 12.3 Å². The highest BCUT2D eigenvalue weighted by atomic mass is 19.4. The summed E-state index contributed by atoms with van der Waals surface area (Å²) in [6.07, 6.45) is -3.50. The highest BCUT2D eigenvalue weighted by molar-refractivity contribution is 5.68. The summed E-state index contributed by atoms with van der Waals surface area (Å²) in [5.41, 5.74) is -1.12. The Labute approximate surface area is 112 Å². The van der Waals surface area contributed by atoms with Crippen molar-refractivity contribution < 1.29 is 17.6 Å². The van der Waals surface area contributed by atoms with Crippen molar-refractivity contribution in [1.82, 2.24) is 4.98 Å². The number of aromatic nitrogens is 1. The monoisotopic (exact) mass is 280 g/mol. The van der Waals surface area contributed by atoms with Gasteiger partial charge in [-0.25, -0.2) is 4.98 Å². The molecule has 0 N–H and O–H groups in total. The number of nitrogens with zero attached hydrogens (tertiary/aromatic N) is 2. The Morgan fingerprint density at radius 2 is 1.85 bits per heavy atom. The Balaban J connectivity index is 2.63. The Morgan fingerprint density at radius 1 is 1.15 bits per heavy atom. The predicted molar refractivity (Wildman–Crippen MR) is 64.0 cm³/mol. The van der Waals surface area contributed by atoms with E-state index in [1.54, 1.807) is 0 Å². The molecule has 0 amide bonds. The number of pyridine rings is 1. The molecule has 0 saturated carbocycles. The standard InChI is InChI=1S/C14H8F4N2/c15-13-11(7-9(5-6-19)8-20-13)10-3-1-2-4-12(10)14(16,17)18/h1-4,7-8H,5H2. The lowest BCUT2D eigenvalue weighted by molar-refractivity contribution is -0.137. The Bertz CT molecular complexity index is 672. The average Bonchev–Trinajstić information content (AvgIpc) is 2.40. The molecule has 0 unspecified atom stereocenters. The molecule has 20 heavy (non-hydrogen) atoms. The van der Waals surface area contributed by atoms with Gasteiger partial charge in [0.2, 0.25) is 5.95 Å². The number of benzene rings is 1. The van der Waals surface area contributed by atoms with Gasteiger partial charge >= 0.3 is 6.18 Å². The third-order valence-electron chi connectivity index (χ3n) is 2.70. The van der Waals surface area contributed by atoms with Crippen LogP contribution < -0.4 is 0 Å². The number of rotatable bonds is 2. The molecule has 2 aromatic rings. The summed E-state index contributed by atoms with van der Waals surface area (Å²) in [7, 11) is 0. The summed E-state index contributed by atoms with van der Waals surface area (Å²) in [4.78, 5) is 3.41. The van der Waals surface area contributed by atoms with Crippen molar-refractivity contribution in [2.45, 2.75) is 12.6 Å². The van der Waals surface area contributed by atoms with Gasteiger partial charge in [0, 0.05) is 11.8 Å². The largest absolute Gasteiger partial charge is 0.417 e. The lowest BCUT2D eigenvalue weighted by atomic mass is 9.99. The third-order valence-corrected chi connectivity index (χ3v) is 2.70. The van der Waals surface area contributed by atoms with E-state index in [4.69, 9.17) is 5.26 Å². The van der Waals surface area contributed by atoms with Gasteiger partial charge in [-0.3, -0.25) is 0 Å². The zero-order chi connectivity index (χ0) is 14.8. The van der Waals surface area contributed by atoms with E-state index in [2.05, 4.69) is 4.98 Å². The van der Waals surface area contributed by atoms with Crippen molar-refractivity contribution in [2.24, 2.45) is 0 Å². The van der Waals surface area contributed by atoms with Crippen LogP contribution in [0.3, 0.4) is 0 Å². The van der Waals surface area contributed by atoms with Gasteiger partial charge in [0.15, 0.2) is 0 Å². The Morgan fingerprint density at radius 3 is 2.50 bits per heavy atom. The molecule has 0 saturated heterocycles. The number of nitriles is 1. The van der Waals surface area contributed by atoms with Crippen LogP contribution in [-0.4, -0.2) is 4.98 Å². The maximum atomic E-state index is 13.7. The van der Waals surface area contributed by atoms with Crippen LogP contribution in [0.2, 0.25) is 0 Å². The lowest BCUT2D eigenvalue weighted by Crippen LogP contribution is -2.08. The molecule has 0 aliphatic carbocycles. The van der Waals surface area contributed by atoms with E-state index in [-0.39, 0.29) is 17.5 Å². The second kappa shape index (κ2) is 5.29. The summed E-state index contributed by atoms with van der Waals surface area (Å²) in [6.45, 7) is 0. The molecule has 2 rings (SSSR count). The highest BCUT2D eigenvalue weighted by Gasteiger charge is 2.34. The molecule has 1 aromatic heterocycles. The molecule has 102 valence electrons. The van der Waals surface area contributed by atoms with E-state index in [1.165, 1.54) is 24.3 Å². The van der Waals surface area contributed by atoms with Crippen molar-refractivity contribution in [3.63, 3.8) is 0 Å². The number of alkyl halides is 3. The molecule has 0 fully saturated rings. The summed E-state index contributed by atoms with van der Waals surface area (Å²) in [6, 6.07) is 7.74. The molecule has 0 aliphatic rings. The summed E-state index contributed by atoms with van der Waals surface area (Å²) < 4.78 is 52.5. The first-order valence-corrected chi connectivity index (χ1v) is 5.61. The minimum Gasteiger partial charge on any atom is -0.227 e. The van der Waals surface area contributed by atoms with E-state index in [9.17, 15) is 17.6 Å². The molecule has 1 aromatic carbocycles. The first-order valence-electron chi connectivity index (χ1n) is 5.61. The van der Waals surface area contributed by atoms with Gasteiger partial charge in [-0.2, -0.15) is 22.8 Å². The van der Waals surface area contributed by atoms with Gasteiger partial charge < -0.3 is 0 Å². The van der Waals surface area contributed by atoms with Crippen molar-refractivity contribution in [3.8, 4) is 17.2 Å². The van der Waals surface area contributed by atoms with Crippen LogP contribution in [0.25, 0.3) is 11.1 Å². The summed E-state index contributed by atoms with van der Waals surface area (Å²) >= 11 is 0. The van der Waals surface area contributed by atoms with E-state index >= 15 is 0 Å². The van der Waals surface area contributed by atoms with E-state index < -0.39 is 17.7 Å². The zero-order valence-electron chi connectivity index (χ0n) is 10.1.